The van der Waals surface area contributed by atoms with Gasteiger partial charge in [0, 0.05) is 6.20 Å². The lowest BCUT2D eigenvalue weighted by Gasteiger charge is -2.22. The molecule has 112 valence electrons. The van der Waals surface area contributed by atoms with Crippen LogP contribution in [0.25, 0.3) is 0 Å². The van der Waals surface area contributed by atoms with E-state index in [4.69, 9.17) is 10.6 Å². The van der Waals surface area contributed by atoms with Gasteiger partial charge in [-0.3, -0.25) is 0 Å². The Balaban J connectivity index is 3.67. The molecule has 0 aliphatic carbocycles. The third-order valence-corrected chi connectivity index (χ3v) is 2.59. The minimum absolute atomic E-state index is 0.512. The molecule has 0 fully saturated rings. The second-order valence-corrected chi connectivity index (χ2v) is 5.83. The second-order valence-electron chi connectivity index (χ2n) is 5.83. The highest BCUT2D eigenvalue weighted by Gasteiger charge is 2.18. The molecule has 0 saturated heterocycles. The highest BCUT2D eigenvalue weighted by atomic mass is 16.6. The maximum atomic E-state index is 11.5. The largest absolute Gasteiger partial charge is 0.443 e. The van der Waals surface area contributed by atoms with Gasteiger partial charge in [0.15, 0.2) is 0 Å². The molecule has 1 amide bonds. The Morgan fingerprint density at radius 3 is 2.32 bits per heavy atom. The van der Waals surface area contributed by atoms with Gasteiger partial charge in [0.2, 0.25) is 0 Å². The number of hydrogen-bond acceptors (Lipinski definition) is 3. The van der Waals surface area contributed by atoms with E-state index >= 15 is 0 Å². The number of nitrogens with two attached hydrogens (primary N) is 1. The number of carbonyl (C=O) groups is 1. The summed E-state index contributed by atoms with van der Waals surface area (Å²) in [6.45, 7) is 7.67. The Morgan fingerprint density at radius 2 is 1.74 bits per heavy atom. The SMILES string of the molecule is CCCCCCCC/C=C/N(N)C(=O)OC(C)(C)C. The lowest BCUT2D eigenvalue weighted by molar-refractivity contribution is 0.0333. The fourth-order valence-corrected chi connectivity index (χ4v) is 1.61. The lowest BCUT2D eigenvalue weighted by Crippen LogP contribution is -2.37. The first-order valence-corrected chi connectivity index (χ1v) is 7.30. The second kappa shape index (κ2) is 9.84. The number of hydrazine groups is 1. The first kappa shape index (κ1) is 18.0. The molecule has 0 aromatic carbocycles. The summed E-state index contributed by atoms with van der Waals surface area (Å²) in [7, 11) is 0. The van der Waals surface area contributed by atoms with Gasteiger partial charge in [-0.05, 0) is 33.6 Å². The van der Waals surface area contributed by atoms with Gasteiger partial charge >= 0.3 is 6.09 Å². The molecule has 0 unspecified atom stereocenters. The van der Waals surface area contributed by atoms with Crippen LogP contribution in [0.1, 0.15) is 72.6 Å². The zero-order chi connectivity index (χ0) is 14.7. The van der Waals surface area contributed by atoms with Gasteiger partial charge in [-0.1, -0.05) is 45.1 Å². The molecule has 0 aromatic heterocycles. The van der Waals surface area contributed by atoms with Crippen molar-refractivity contribution in [2.75, 3.05) is 0 Å². The maximum Gasteiger partial charge on any atom is 0.428 e. The van der Waals surface area contributed by atoms with E-state index in [0.29, 0.717) is 0 Å². The van der Waals surface area contributed by atoms with E-state index in [1.165, 1.54) is 32.1 Å². The van der Waals surface area contributed by atoms with Crippen LogP contribution in [0.4, 0.5) is 4.79 Å². The van der Waals surface area contributed by atoms with E-state index in [9.17, 15) is 4.79 Å². The molecule has 0 rings (SSSR count). The summed E-state index contributed by atoms with van der Waals surface area (Å²) in [5.74, 6) is 5.58. The van der Waals surface area contributed by atoms with Crippen LogP contribution >= 0.6 is 0 Å². The van der Waals surface area contributed by atoms with Gasteiger partial charge in [-0.2, -0.15) is 0 Å². The van der Waals surface area contributed by atoms with E-state index in [-0.39, 0.29) is 0 Å². The van der Waals surface area contributed by atoms with E-state index < -0.39 is 11.7 Å². The van der Waals surface area contributed by atoms with E-state index in [1.807, 2.05) is 26.8 Å². The number of carbonyl (C=O) groups excluding carboxylic acids is 1. The van der Waals surface area contributed by atoms with Gasteiger partial charge in [-0.25, -0.2) is 15.6 Å². The molecule has 0 aliphatic rings. The van der Waals surface area contributed by atoms with E-state index in [0.717, 1.165) is 17.9 Å². The van der Waals surface area contributed by atoms with Crippen molar-refractivity contribution in [3.05, 3.63) is 12.3 Å². The molecule has 0 atom stereocenters. The third kappa shape index (κ3) is 11.8. The van der Waals surface area contributed by atoms with Crippen molar-refractivity contribution in [3.63, 3.8) is 0 Å². The number of rotatable bonds is 8. The van der Waals surface area contributed by atoms with Crippen LogP contribution in [-0.4, -0.2) is 16.7 Å². The highest BCUT2D eigenvalue weighted by Crippen LogP contribution is 2.09. The normalized spacial score (nSPS) is 11.8. The van der Waals surface area contributed by atoms with E-state index in [1.54, 1.807) is 6.20 Å². The van der Waals surface area contributed by atoms with Gasteiger partial charge in [0.25, 0.3) is 0 Å². The molecule has 0 saturated carbocycles. The van der Waals surface area contributed by atoms with Gasteiger partial charge in [0.1, 0.15) is 5.60 Å². The molecule has 0 spiro atoms. The molecular weight excluding hydrogens is 240 g/mol. The minimum atomic E-state index is -0.522. The zero-order valence-corrected chi connectivity index (χ0v) is 12.9. The number of ether oxygens (including phenoxy) is 1. The first-order valence-electron chi connectivity index (χ1n) is 7.30. The number of amides is 1. The van der Waals surface area contributed by atoms with Crippen LogP contribution in [0.3, 0.4) is 0 Å². The third-order valence-electron chi connectivity index (χ3n) is 2.59. The van der Waals surface area contributed by atoms with Crippen molar-refractivity contribution < 1.29 is 9.53 Å². The maximum absolute atomic E-state index is 11.5. The summed E-state index contributed by atoms with van der Waals surface area (Å²) in [5.41, 5.74) is -0.512. The van der Waals surface area contributed by atoms with Crippen LogP contribution < -0.4 is 5.84 Å². The molecule has 19 heavy (non-hydrogen) atoms. The van der Waals surface area contributed by atoms with Crippen LogP contribution in [0.2, 0.25) is 0 Å². The quantitative estimate of drug-likeness (QED) is 0.308. The monoisotopic (exact) mass is 270 g/mol. The van der Waals surface area contributed by atoms with Crippen molar-refractivity contribution in [2.45, 2.75) is 78.2 Å². The summed E-state index contributed by atoms with van der Waals surface area (Å²) in [5, 5.41) is 1.00. The molecule has 0 aromatic rings. The fraction of sp³-hybridized carbons (Fsp3) is 0.800. The number of nitrogens with zero attached hydrogens (tertiary/aromatic N) is 1. The van der Waals surface area contributed by atoms with Crippen molar-refractivity contribution in [2.24, 2.45) is 5.84 Å². The Hall–Kier alpha value is -1.03. The highest BCUT2D eigenvalue weighted by molar-refractivity contribution is 5.68. The van der Waals surface area contributed by atoms with Gasteiger partial charge in [-0.15, -0.1) is 0 Å². The van der Waals surface area contributed by atoms with Crippen LogP contribution in [-0.2, 0) is 4.74 Å². The number of hydrogen-bond donors (Lipinski definition) is 1. The average molecular weight is 270 g/mol. The number of unbranched alkanes of at least 4 members (excludes halogenated alkanes) is 6. The lowest BCUT2D eigenvalue weighted by atomic mass is 10.1. The smallest absolute Gasteiger partial charge is 0.428 e. The first-order chi connectivity index (χ1) is 8.87. The van der Waals surface area contributed by atoms with Gasteiger partial charge < -0.3 is 4.74 Å². The molecular formula is C15H30N2O2. The molecule has 0 bridgehead atoms. The van der Waals surface area contributed by atoms with Crippen molar-refractivity contribution in [1.29, 1.82) is 0 Å². The Morgan fingerprint density at radius 1 is 1.16 bits per heavy atom. The predicted octanol–water partition coefficient (Wildman–Crippen LogP) is 4.36. The standard InChI is InChI=1S/C15H30N2O2/c1-5-6-7-8-9-10-11-12-13-17(16)14(18)19-15(2,3)4/h12-13H,5-11,16H2,1-4H3/b13-12+. The Bertz CT molecular complexity index is 270. The molecule has 2 N–H and O–H groups in total. The van der Waals surface area contributed by atoms with Gasteiger partial charge in [0.05, 0.1) is 0 Å². The molecule has 4 nitrogen and oxygen atoms in total. The van der Waals surface area contributed by atoms with Crippen LogP contribution in [0.15, 0.2) is 12.3 Å². The van der Waals surface area contributed by atoms with Crippen molar-refractivity contribution in [1.82, 2.24) is 5.01 Å². The summed E-state index contributed by atoms with van der Waals surface area (Å²) >= 11 is 0. The average Bonchev–Trinajstić information content (AvgIpc) is 2.30. The Kier molecular flexibility index (Phi) is 9.31. The Labute approximate surface area is 118 Å². The molecule has 0 heterocycles. The summed E-state index contributed by atoms with van der Waals surface area (Å²) < 4.78 is 5.13. The van der Waals surface area contributed by atoms with Crippen LogP contribution in [0.5, 0.6) is 0 Å². The minimum Gasteiger partial charge on any atom is -0.443 e. The molecule has 0 aliphatic heterocycles. The van der Waals surface area contributed by atoms with Crippen molar-refractivity contribution >= 4 is 6.09 Å². The summed E-state index contributed by atoms with van der Waals surface area (Å²) in [4.78, 5) is 11.5. The number of allylic oxidation sites excluding steroid dienone is 1. The summed E-state index contributed by atoms with van der Waals surface area (Å²) in [6, 6.07) is 0. The fourth-order valence-electron chi connectivity index (χ4n) is 1.61. The predicted molar refractivity (Wildman–Crippen MR) is 79.4 cm³/mol. The van der Waals surface area contributed by atoms with E-state index in [2.05, 4.69) is 6.92 Å². The van der Waals surface area contributed by atoms with Crippen LogP contribution in [0, 0.1) is 0 Å². The zero-order valence-electron chi connectivity index (χ0n) is 12.9. The summed E-state index contributed by atoms with van der Waals surface area (Å²) in [6.07, 6.45) is 11.5. The topological polar surface area (TPSA) is 55.6 Å². The molecule has 4 heteroatoms. The molecule has 0 radical (unpaired) electrons. The van der Waals surface area contributed by atoms with Crippen molar-refractivity contribution in [3.8, 4) is 0 Å².